The minimum absolute atomic E-state index is 0.448. The fourth-order valence-corrected chi connectivity index (χ4v) is 2.33. The molecular weight excluding hydrogens is 273 g/mol. The summed E-state index contributed by atoms with van der Waals surface area (Å²) in [5, 5.41) is 0. The van der Waals surface area contributed by atoms with E-state index in [0.29, 0.717) is 5.92 Å². The molecule has 0 saturated heterocycles. The molecule has 0 aliphatic heterocycles. The molecular formula is C18H18F3. The fraction of sp³-hybridized carbons (Fsp3) is 0.278. The fourth-order valence-electron chi connectivity index (χ4n) is 2.33. The van der Waals surface area contributed by atoms with Crippen LogP contribution in [0.3, 0.4) is 0 Å². The molecule has 0 amide bonds. The van der Waals surface area contributed by atoms with E-state index in [9.17, 15) is 13.2 Å². The maximum Gasteiger partial charge on any atom is 0.416 e. The van der Waals surface area contributed by atoms with Crippen molar-refractivity contribution >= 4 is 0 Å². The number of hydrogen-bond acceptors (Lipinski definition) is 0. The first-order valence-electron chi connectivity index (χ1n) is 6.98. The maximum atomic E-state index is 12.5. The van der Waals surface area contributed by atoms with Crippen molar-refractivity contribution in [3.63, 3.8) is 0 Å². The molecule has 2 aromatic carbocycles. The summed E-state index contributed by atoms with van der Waals surface area (Å²) in [5.41, 5.74) is 2.33. The molecule has 0 saturated carbocycles. The lowest BCUT2D eigenvalue weighted by atomic mass is 9.94. The third-order valence-corrected chi connectivity index (χ3v) is 3.66. The van der Waals surface area contributed by atoms with Gasteiger partial charge in [0, 0.05) is 0 Å². The van der Waals surface area contributed by atoms with Crippen molar-refractivity contribution in [2.24, 2.45) is 0 Å². The quantitative estimate of drug-likeness (QED) is 0.639. The highest BCUT2D eigenvalue weighted by atomic mass is 19.4. The zero-order valence-electron chi connectivity index (χ0n) is 12.0. The Balaban J connectivity index is 2.19. The average Bonchev–Trinajstić information content (AvgIpc) is 2.47. The molecule has 0 N–H and O–H groups in total. The molecule has 0 aromatic heterocycles. The second-order valence-electron chi connectivity index (χ2n) is 5.24. The summed E-state index contributed by atoms with van der Waals surface area (Å²) in [6.45, 7) is 6.00. The first-order chi connectivity index (χ1) is 9.91. The Hall–Kier alpha value is -1.77. The molecule has 0 heterocycles. The van der Waals surface area contributed by atoms with Gasteiger partial charge < -0.3 is 0 Å². The van der Waals surface area contributed by atoms with Crippen molar-refractivity contribution in [3.8, 4) is 11.1 Å². The number of halogens is 3. The van der Waals surface area contributed by atoms with Crippen LogP contribution in [0.5, 0.6) is 0 Å². The van der Waals surface area contributed by atoms with Gasteiger partial charge in [-0.3, -0.25) is 0 Å². The van der Waals surface area contributed by atoms with Gasteiger partial charge >= 0.3 is 6.18 Å². The van der Waals surface area contributed by atoms with Crippen molar-refractivity contribution in [2.75, 3.05) is 0 Å². The SMILES string of the molecule is [CH2]CCC(C)c1ccc(-c2ccc(C(F)(F)F)cc2)cc1. The molecule has 1 atom stereocenters. The summed E-state index contributed by atoms with van der Waals surface area (Å²) in [4.78, 5) is 0. The Morgan fingerprint density at radius 2 is 1.38 bits per heavy atom. The monoisotopic (exact) mass is 291 g/mol. The van der Waals surface area contributed by atoms with E-state index in [1.54, 1.807) is 0 Å². The van der Waals surface area contributed by atoms with Crippen LogP contribution in [0.2, 0.25) is 0 Å². The van der Waals surface area contributed by atoms with Crippen LogP contribution in [-0.4, -0.2) is 0 Å². The molecule has 1 unspecified atom stereocenters. The first-order valence-corrected chi connectivity index (χ1v) is 6.98. The van der Waals surface area contributed by atoms with Crippen molar-refractivity contribution in [1.29, 1.82) is 0 Å². The van der Waals surface area contributed by atoms with Gasteiger partial charge in [0.25, 0.3) is 0 Å². The predicted octanol–water partition coefficient (Wildman–Crippen LogP) is 6.09. The number of benzene rings is 2. The van der Waals surface area contributed by atoms with Crippen molar-refractivity contribution < 1.29 is 13.2 Å². The Kier molecular flexibility index (Phi) is 4.71. The molecule has 21 heavy (non-hydrogen) atoms. The largest absolute Gasteiger partial charge is 0.416 e. The maximum absolute atomic E-state index is 12.5. The molecule has 0 fully saturated rings. The molecule has 0 nitrogen and oxygen atoms in total. The van der Waals surface area contributed by atoms with Crippen LogP contribution in [0.15, 0.2) is 48.5 Å². The van der Waals surface area contributed by atoms with Gasteiger partial charge in [-0.05, 0) is 41.2 Å². The van der Waals surface area contributed by atoms with E-state index in [1.165, 1.54) is 17.7 Å². The summed E-state index contributed by atoms with van der Waals surface area (Å²) in [6, 6.07) is 13.2. The Morgan fingerprint density at radius 1 is 0.905 bits per heavy atom. The van der Waals surface area contributed by atoms with Gasteiger partial charge in [-0.25, -0.2) is 0 Å². The van der Waals surface area contributed by atoms with Gasteiger partial charge in [0.1, 0.15) is 0 Å². The van der Waals surface area contributed by atoms with Crippen LogP contribution >= 0.6 is 0 Å². The molecule has 2 aromatic rings. The standard InChI is InChI=1S/C18H18F3/c1-3-4-13(2)14-5-7-15(8-6-14)16-9-11-17(12-10-16)18(19,20)21/h5-13H,1,3-4H2,2H3. The van der Waals surface area contributed by atoms with E-state index < -0.39 is 11.7 Å². The molecule has 0 aliphatic carbocycles. The molecule has 0 bridgehead atoms. The van der Waals surface area contributed by atoms with Gasteiger partial charge in [0.15, 0.2) is 0 Å². The average molecular weight is 291 g/mol. The first kappa shape index (κ1) is 15.6. The van der Waals surface area contributed by atoms with Gasteiger partial charge in [-0.15, -0.1) is 0 Å². The predicted molar refractivity (Wildman–Crippen MR) is 79.9 cm³/mol. The zero-order valence-corrected chi connectivity index (χ0v) is 12.0. The van der Waals surface area contributed by atoms with Gasteiger partial charge in [0.05, 0.1) is 5.56 Å². The Bertz CT molecular complexity index is 565. The highest BCUT2D eigenvalue weighted by Crippen LogP contribution is 2.31. The number of rotatable bonds is 4. The summed E-state index contributed by atoms with van der Waals surface area (Å²) in [6.07, 6.45) is -2.37. The van der Waals surface area contributed by atoms with E-state index in [2.05, 4.69) is 13.8 Å². The lowest BCUT2D eigenvalue weighted by Crippen LogP contribution is -2.03. The summed E-state index contributed by atoms with van der Waals surface area (Å²) < 4.78 is 37.6. The number of alkyl halides is 3. The minimum atomic E-state index is -4.29. The van der Waals surface area contributed by atoms with E-state index in [4.69, 9.17) is 0 Å². The molecule has 3 heteroatoms. The van der Waals surface area contributed by atoms with Crippen LogP contribution in [0, 0.1) is 6.92 Å². The van der Waals surface area contributed by atoms with Gasteiger partial charge in [-0.2, -0.15) is 13.2 Å². The van der Waals surface area contributed by atoms with E-state index in [1.807, 2.05) is 24.3 Å². The van der Waals surface area contributed by atoms with Crippen molar-refractivity contribution in [1.82, 2.24) is 0 Å². The molecule has 0 aliphatic rings. The van der Waals surface area contributed by atoms with E-state index >= 15 is 0 Å². The second kappa shape index (κ2) is 6.33. The normalized spacial score (nSPS) is 13.2. The Labute approximate surface area is 123 Å². The summed E-state index contributed by atoms with van der Waals surface area (Å²) in [7, 11) is 0. The second-order valence-corrected chi connectivity index (χ2v) is 5.24. The summed E-state index contributed by atoms with van der Waals surface area (Å²) >= 11 is 0. The van der Waals surface area contributed by atoms with Crippen LogP contribution in [0.25, 0.3) is 11.1 Å². The van der Waals surface area contributed by atoms with Crippen LogP contribution in [-0.2, 0) is 6.18 Å². The molecule has 111 valence electrons. The minimum Gasteiger partial charge on any atom is -0.166 e. The van der Waals surface area contributed by atoms with Gasteiger partial charge in [0.2, 0.25) is 0 Å². The van der Waals surface area contributed by atoms with Crippen LogP contribution in [0.1, 0.15) is 36.8 Å². The summed E-state index contributed by atoms with van der Waals surface area (Å²) in [5.74, 6) is 0.448. The van der Waals surface area contributed by atoms with Crippen molar-refractivity contribution in [2.45, 2.75) is 31.9 Å². The zero-order chi connectivity index (χ0) is 15.5. The highest BCUT2D eigenvalue weighted by molar-refractivity contribution is 5.64. The Morgan fingerprint density at radius 3 is 1.81 bits per heavy atom. The molecule has 2 rings (SSSR count). The van der Waals surface area contributed by atoms with E-state index in [-0.39, 0.29) is 0 Å². The molecule has 0 spiro atoms. The third kappa shape index (κ3) is 3.87. The van der Waals surface area contributed by atoms with Crippen LogP contribution in [0.4, 0.5) is 13.2 Å². The lowest BCUT2D eigenvalue weighted by molar-refractivity contribution is -0.137. The smallest absolute Gasteiger partial charge is 0.166 e. The topological polar surface area (TPSA) is 0 Å². The van der Waals surface area contributed by atoms with E-state index in [0.717, 1.165) is 36.1 Å². The lowest BCUT2D eigenvalue weighted by Gasteiger charge is -2.12. The highest BCUT2D eigenvalue weighted by Gasteiger charge is 2.29. The third-order valence-electron chi connectivity index (χ3n) is 3.66. The van der Waals surface area contributed by atoms with Crippen molar-refractivity contribution in [3.05, 3.63) is 66.6 Å². The van der Waals surface area contributed by atoms with Crippen LogP contribution < -0.4 is 0 Å². The molecule has 1 radical (unpaired) electrons. The number of hydrogen-bond donors (Lipinski definition) is 0. The van der Waals surface area contributed by atoms with Gasteiger partial charge in [-0.1, -0.05) is 56.7 Å².